The highest BCUT2D eigenvalue weighted by molar-refractivity contribution is 5.75. The van der Waals surface area contributed by atoms with Crippen molar-refractivity contribution in [2.45, 2.75) is 12.3 Å². The van der Waals surface area contributed by atoms with Crippen molar-refractivity contribution in [3.8, 4) is 5.75 Å². The van der Waals surface area contributed by atoms with Crippen LogP contribution in [0.2, 0.25) is 0 Å². The average Bonchev–Trinajstić information content (AvgIpc) is 2.45. The second kappa shape index (κ2) is 5.73. The summed E-state index contributed by atoms with van der Waals surface area (Å²) in [5.74, 6) is -0.0197. The summed E-state index contributed by atoms with van der Waals surface area (Å²) < 4.78 is 44.2. The lowest BCUT2D eigenvalue weighted by Gasteiger charge is -2.22. The molecule has 0 aliphatic rings. The minimum absolute atomic E-state index is 0.0197. The minimum atomic E-state index is -4.57. The number of alkyl halides is 3. The van der Waals surface area contributed by atoms with Crippen LogP contribution in [0, 0.1) is 0 Å². The van der Waals surface area contributed by atoms with E-state index in [-0.39, 0.29) is 16.9 Å². The Kier molecular flexibility index (Phi) is 4.02. The Morgan fingerprint density at radius 1 is 1.15 bits per heavy atom. The molecule has 0 saturated carbocycles. The van der Waals surface area contributed by atoms with E-state index in [1.54, 1.807) is 0 Å². The predicted molar refractivity (Wildman–Crippen MR) is 65.5 cm³/mol. The Hall–Kier alpha value is -2.37. The molecule has 20 heavy (non-hydrogen) atoms. The molecule has 1 unspecified atom stereocenters. The molecule has 0 amide bonds. The Morgan fingerprint density at radius 2 is 1.85 bits per heavy atom. The van der Waals surface area contributed by atoms with E-state index in [0.29, 0.717) is 6.29 Å². The van der Waals surface area contributed by atoms with E-state index in [0.717, 1.165) is 0 Å². The summed E-state index contributed by atoms with van der Waals surface area (Å²) in [6.45, 7) is 0. The number of rotatable bonds is 4. The maximum absolute atomic E-state index is 13.1. The van der Waals surface area contributed by atoms with Gasteiger partial charge in [0, 0.05) is 23.5 Å². The first-order chi connectivity index (χ1) is 9.50. The Balaban J connectivity index is 2.31. The van der Waals surface area contributed by atoms with Gasteiger partial charge in [-0.05, 0) is 24.3 Å². The van der Waals surface area contributed by atoms with E-state index in [4.69, 9.17) is 4.74 Å². The third-order valence-electron chi connectivity index (χ3n) is 2.55. The lowest BCUT2D eigenvalue weighted by Crippen LogP contribution is -2.26. The van der Waals surface area contributed by atoms with Crippen LogP contribution in [0.3, 0.4) is 0 Å². The second-order valence-electron chi connectivity index (χ2n) is 4.01. The normalized spacial score (nSPS) is 12.8. The van der Waals surface area contributed by atoms with Gasteiger partial charge in [-0.1, -0.05) is 12.1 Å². The van der Waals surface area contributed by atoms with Gasteiger partial charge in [0.2, 0.25) is 6.10 Å². The molecular weight excluding hydrogens is 271 g/mol. The van der Waals surface area contributed by atoms with Gasteiger partial charge >= 0.3 is 6.18 Å². The molecule has 1 atom stereocenters. The van der Waals surface area contributed by atoms with E-state index < -0.39 is 12.3 Å². The molecule has 0 fully saturated rings. The summed E-state index contributed by atoms with van der Waals surface area (Å²) in [4.78, 5) is 14.3. The summed E-state index contributed by atoms with van der Waals surface area (Å²) >= 11 is 0. The Labute approximate surface area is 113 Å². The predicted octanol–water partition coefficient (Wildman–Crippen LogP) is 3.58. The van der Waals surface area contributed by atoms with Crippen molar-refractivity contribution in [3.05, 3.63) is 59.9 Å². The molecule has 6 heteroatoms. The van der Waals surface area contributed by atoms with E-state index >= 15 is 0 Å². The van der Waals surface area contributed by atoms with Crippen molar-refractivity contribution in [1.82, 2.24) is 4.98 Å². The second-order valence-corrected chi connectivity index (χ2v) is 4.01. The number of nitrogens with zero attached hydrogens (tertiary/aromatic N) is 1. The van der Waals surface area contributed by atoms with Crippen LogP contribution in [-0.4, -0.2) is 17.4 Å². The molecule has 0 saturated heterocycles. The van der Waals surface area contributed by atoms with Crippen molar-refractivity contribution >= 4 is 6.29 Å². The maximum Gasteiger partial charge on any atom is 0.429 e. The summed E-state index contributed by atoms with van der Waals surface area (Å²) in [6.07, 6.45) is -3.61. The molecule has 0 radical (unpaired) electrons. The lowest BCUT2D eigenvalue weighted by atomic mass is 10.1. The number of aromatic nitrogens is 1. The van der Waals surface area contributed by atoms with Crippen molar-refractivity contribution in [1.29, 1.82) is 0 Å². The Morgan fingerprint density at radius 3 is 2.45 bits per heavy atom. The van der Waals surface area contributed by atoms with Crippen LogP contribution in [0.15, 0.2) is 48.8 Å². The van der Waals surface area contributed by atoms with Crippen LogP contribution in [0.5, 0.6) is 5.75 Å². The first kappa shape index (κ1) is 14.0. The molecule has 104 valence electrons. The van der Waals surface area contributed by atoms with Crippen LogP contribution < -0.4 is 4.74 Å². The first-order valence-electron chi connectivity index (χ1n) is 5.69. The lowest BCUT2D eigenvalue weighted by molar-refractivity contribution is -0.198. The molecule has 0 N–H and O–H groups in total. The number of pyridine rings is 1. The quantitative estimate of drug-likeness (QED) is 0.804. The van der Waals surface area contributed by atoms with Crippen molar-refractivity contribution in [2.75, 3.05) is 0 Å². The van der Waals surface area contributed by atoms with Gasteiger partial charge < -0.3 is 4.74 Å². The van der Waals surface area contributed by atoms with Crippen LogP contribution in [0.4, 0.5) is 13.2 Å². The smallest absolute Gasteiger partial charge is 0.429 e. The number of ether oxygens (including phenoxy) is 1. The van der Waals surface area contributed by atoms with Crippen molar-refractivity contribution in [2.24, 2.45) is 0 Å². The maximum atomic E-state index is 13.1. The number of carbonyl (C=O) groups excluding carboxylic acids is 1. The fourth-order valence-corrected chi connectivity index (χ4v) is 1.66. The van der Waals surface area contributed by atoms with Gasteiger partial charge in [-0.25, -0.2) is 0 Å². The molecule has 2 aromatic rings. The summed E-state index contributed by atoms with van der Waals surface area (Å²) in [7, 11) is 0. The molecule has 0 aliphatic carbocycles. The molecule has 1 aromatic carbocycles. The van der Waals surface area contributed by atoms with Gasteiger partial charge in [0.1, 0.15) is 12.0 Å². The monoisotopic (exact) mass is 281 g/mol. The zero-order valence-electron chi connectivity index (χ0n) is 10.2. The highest BCUT2D eigenvalue weighted by Gasteiger charge is 2.43. The standard InChI is InChI=1S/C14H10F3NO2/c15-14(16,17)13(11-4-6-18-7-5-11)20-12-3-1-2-10(8-12)9-19/h1-9,13H. The molecule has 0 aliphatic heterocycles. The summed E-state index contributed by atoms with van der Waals surface area (Å²) in [6, 6.07) is 8.04. The molecule has 1 heterocycles. The van der Waals surface area contributed by atoms with Gasteiger partial charge in [0.25, 0.3) is 0 Å². The zero-order chi connectivity index (χ0) is 14.6. The number of benzene rings is 1. The molecule has 3 nitrogen and oxygen atoms in total. The van der Waals surface area contributed by atoms with Gasteiger partial charge in [-0.15, -0.1) is 0 Å². The number of hydrogen-bond acceptors (Lipinski definition) is 3. The number of carbonyl (C=O) groups is 1. The average molecular weight is 281 g/mol. The molecule has 1 aromatic heterocycles. The highest BCUT2D eigenvalue weighted by Crippen LogP contribution is 2.36. The molecule has 0 bridgehead atoms. The number of halogens is 3. The Bertz CT molecular complexity index is 584. The largest absolute Gasteiger partial charge is 0.476 e. The van der Waals surface area contributed by atoms with Crippen LogP contribution in [0.25, 0.3) is 0 Å². The zero-order valence-corrected chi connectivity index (χ0v) is 10.2. The highest BCUT2D eigenvalue weighted by atomic mass is 19.4. The van der Waals surface area contributed by atoms with E-state index in [1.165, 1.54) is 48.8 Å². The molecular formula is C14H10F3NO2. The fourth-order valence-electron chi connectivity index (χ4n) is 1.66. The molecule has 2 rings (SSSR count). The van der Waals surface area contributed by atoms with Crippen LogP contribution in [0.1, 0.15) is 22.0 Å². The van der Waals surface area contributed by atoms with Crippen molar-refractivity contribution < 1.29 is 22.7 Å². The SMILES string of the molecule is O=Cc1cccc(OC(c2ccncc2)C(F)(F)F)c1. The van der Waals surface area contributed by atoms with Crippen LogP contribution in [-0.2, 0) is 0 Å². The van der Waals surface area contributed by atoms with Gasteiger partial charge in [-0.2, -0.15) is 13.2 Å². The summed E-state index contributed by atoms with van der Waals surface area (Å²) in [5, 5.41) is 0. The van der Waals surface area contributed by atoms with Gasteiger partial charge in [-0.3, -0.25) is 9.78 Å². The minimum Gasteiger partial charge on any atom is -0.476 e. The van der Waals surface area contributed by atoms with Gasteiger partial charge in [0.15, 0.2) is 0 Å². The van der Waals surface area contributed by atoms with Gasteiger partial charge in [0.05, 0.1) is 0 Å². The molecule has 0 spiro atoms. The number of aldehydes is 1. The number of hydrogen-bond donors (Lipinski definition) is 0. The summed E-state index contributed by atoms with van der Waals surface area (Å²) in [5.41, 5.74) is 0.196. The van der Waals surface area contributed by atoms with Crippen molar-refractivity contribution in [3.63, 3.8) is 0 Å². The third-order valence-corrected chi connectivity index (χ3v) is 2.55. The van der Waals surface area contributed by atoms with E-state index in [1.807, 2.05) is 0 Å². The fraction of sp³-hybridized carbons (Fsp3) is 0.143. The van der Waals surface area contributed by atoms with Crippen LogP contribution >= 0.6 is 0 Å². The van der Waals surface area contributed by atoms with E-state index in [9.17, 15) is 18.0 Å². The topological polar surface area (TPSA) is 39.2 Å². The first-order valence-corrected chi connectivity index (χ1v) is 5.69. The van der Waals surface area contributed by atoms with E-state index in [2.05, 4.69) is 4.98 Å². The third kappa shape index (κ3) is 3.34.